The van der Waals surface area contributed by atoms with Crippen LogP contribution in [-0.4, -0.2) is 82.1 Å². The van der Waals surface area contributed by atoms with Crippen LogP contribution in [0.2, 0.25) is 5.02 Å². The van der Waals surface area contributed by atoms with Gasteiger partial charge < -0.3 is 18.9 Å². The average Bonchev–Trinajstić information content (AvgIpc) is 3.24. The van der Waals surface area contributed by atoms with Crippen molar-refractivity contribution in [2.45, 2.75) is 57.4 Å². The molecule has 3 aromatic heterocycles. The Bertz CT molecular complexity index is 1470. The van der Waals surface area contributed by atoms with Crippen LogP contribution < -0.4 is 14.2 Å². The molecule has 0 fully saturated rings. The fourth-order valence-corrected chi connectivity index (χ4v) is 5.23. The largest absolute Gasteiger partial charge is 0.485 e. The molecule has 1 aliphatic heterocycles. The molecule has 1 aliphatic rings. The Hall–Kier alpha value is -3.28. The second kappa shape index (κ2) is 12.9. The smallest absolute Gasteiger partial charge is 0.422 e. The van der Waals surface area contributed by atoms with Crippen molar-refractivity contribution in [2.24, 2.45) is 0 Å². The molecular weight excluding hydrogens is 607 g/mol. The summed E-state index contributed by atoms with van der Waals surface area (Å²) < 4.78 is 92.0. The molecule has 0 saturated carbocycles. The Labute approximate surface area is 244 Å². The number of hydrogen-bond acceptors (Lipinski definition) is 11. The van der Waals surface area contributed by atoms with E-state index in [9.17, 15) is 21.6 Å². The second-order valence-electron chi connectivity index (χ2n) is 9.46. The highest BCUT2D eigenvalue weighted by atomic mass is 35.5. The first kappa shape index (κ1) is 31.7. The number of aromatic nitrogens is 6. The minimum atomic E-state index is -4.61. The first-order chi connectivity index (χ1) is 19.8. The van der Waals surface area contributed by atoms with Gasteiger partial charge in [-0.05, 0) is 33.8 Å². The van der Waals surface area contributed by atoms with Crippen LogP contribution in [0.3, 0.4) is 0 Å². The average molecular weight is 636 g/mol. The minimum Gasteiger partial charge on any atom is -0.485 e. The zero-order valence-electron chi connectivity index (χ0n) is 23.0. The Morgan fingerprint density at radius 2 is 1.90 bits per heavy atom. The topological polar surface area (TPSA) is 152 Å². The van der Waals surface area contributed by atoms with Crippen LogP contribution in [0.5, 0.6) is 11.6 Å². The van der Waals surface area contributed by atoms with E-state index in [1.54, 1.807) is 20.8 Å². The summed E-state index contributed by atoms with van der Waals surface area (Å²) in [7, 11) is -4.24. The molecule has 4 heterocycles. The summed E-state index contributed by atoms with van der Waals surface area (Å²) >= 11 is 5.90. The molecule has 3 aromatic rings. The van der Waals surface area contributed by atoms with E-state index in [1.165, 1.54) is 36.1 Å². The maximum Gasteiger partial charge on any atom is 0.422 e. The summed E-state index contributed by atoms with van der Waals surface area (Å²) in [6, 6.07) is 0.762. The molecule has 0 saturated heterocycles. The fraction of sp³-hybridized carbons (Fsp3) is 0.542. The van der Waals surface area contributed by atoms with E-state index in [-0.39, 0.29) is 53.3 Å². The lowest BCUT2D eigenvalue weighted by Gasteiger charge is -2.26. The van der Waals surface area contributed by atoms with Crippen molar-refractivity contribution in [3.05, 3.63) is 35.5 Å². The highest BCUT2D eigenvalue weighted by Crippen LogP contribution is 2.41. The van der Waals surface area contributed by atoms with Crippen molar-refractivity contribution in [2.75, 3.05) is 31.1 Å². The quantitative estimate of drug-likeness (QED) is 0.307. The lowest BCUT2D eigenvalue weighted by molar-refractivity contribution is -0.154. The fourth-order valence-electron chi connectivity index (χ4n) is 4.05. The SMILES string of the molecule is CCOC[C@H]1COc2c(ccnc2OCC(F)(F)F)-c2nnc(NS(=O)(=O)[C@@H](C)[C@@H](OC(C)C)c3ncc(Cl)cn3)n21. The predicted molar refractivity (Wildman–Crippen MR) is 144 cm³/mol. The molecule has 0 spiro atoms. The maximum atomic E-state index is 13.7. The van der Waals surface area contributed by atoms with Crippen LogP contribution in [0, 0.1) is 0 Å². The number of hydrogen-bond donors (Lipinski definition) is 1. The normalized spacial score (nSPS) is 16.6. The first-order valence-electron chi connectivity index (χ1n) is 12.8. The number of halogens is 4. The molecule has 13 nitrogen and oxygen atoms in total. The molecule has 3 atom stereocenters. The van der Waals surface area contributed by atoms with Gasteiger partial charge >= 0.3 is 6.18 Å². The van der Waals surface area contributed by atoms with Gasteiger partial charge in [0.1, 0.15) is 18.0 Å². The highest BCUT2D eigenvalue weighted by molar-refractivity contribution is 7.93. The van der Waals surface area contributed by atoms with Gasteiger partial charge in [0.2, 0.25) is 16.0 Å². The van der Waals surface area contributed by atoms with Crippen LogP contribution in [0.4, 0.5) is 19.1 Å². The van der Waals surface area contributed by atoms with Gasteiger partial charge in [-0.3, -0.25) is 9.29 Å². The summed E-state index contributed by atoms with van der Waals surface area (Å²) in [6.07, 6.45) is -2.16. The van der Waals surface area contributed by atoms with E-state index in [2.05, 4.69) is 29.9 Å². The molecule has 0 unspecified atom stereocenters. The molecule has 0 aromatic carbocycles. The van der Waals surface area contributed by atoms with Crippen LogP contribution in [0.15, 0.2) is 24.7 Å². The number of rotatable bonds is 12. The Kier molecular flexibility index (Phi) is 9.74. The van der Waals surface area contributed by atoms with Crippen molar-refractivity contribution in [3.63, 3.8) is 0 Å². The molecule has 0 bridgehead atoms. The van der Waals surface area contributed by atoms with Crippen LogP contribution >= 0.6 is 11.6 Å². The van der Waals surface area contributed by atoms with Gasteiger partial charge in [-0.2, -0.15) is 13.2 Å². The van der Waals surface area contributed by atoms with Crippen molar-refractivity contribution in [1.29, 1.82) is 0 Å². The highest BCUT2D eigenvalue weighted by Gasteiger charge is 2.38. The first-order valence-corrected chi connectivity index (χ1v) is 14.7. The third-order valence-corrected chi connectivity index (χ3v) is 7.83. The zero-order valence-corrected chi connectivity index (χ0v) is 24.6. The van der Waals surface area contributed by atoms with Crippen molar-refractivity contribution < 1.29 is 40.5 Å². The second-order valence-corrected chi connectivity index (χ2v) is 11.9. The molecule has 230 valence electrons. The van der Waals surface area contributed by atoms with Crippen molar-refractivity contribution in [3.8, 4) is 23.0 Å². The van der Waals surface area contributed by atoms with Crippen LogP contribution in [-0.2, 0) is 19.5 Å². The number of alkyl halides is 3. The van der Waals surface area contributed by atoms with Crippen molar-refractivity contribution >= 4 is 27.6 Å². The summed E-state index contributed by atoms with van der Waals surface area (Å²) in [6.45, 7) is 5.32. The van der Waals surface area contributed by atoms with E-state index in [0.717, 1.165) is 0 Å². The number of nitrogens with one attached hydrogen (secondary N) is 1. The number of anilines is 1. The van der Waals surface area contributed by atoms with E-state index in [0.29, 0.717) is 6.61 Å². The van der Waals surface area contributed by atoms with Gasteiger partial charge in [0.05, 0.1) is 29.3 Å². The Morgan fingerprint density at radius 1 is 1.19 bits per heavy atom. The summed E-state index contributed by atoms with van der Waals surface area (Å²) in [4.78, 5) is 12.2. The number of pyridine rings is 1. The van der Waals surface area contributed by atoms with Gasteiger partial charge in [0, 0.05) is 25.2 Å². The van der Waals surface area contributed by atoms with Crippen LogP contribution in [0.1, 0.15) is 45.7 Å². The molecular formula is C24H29ClF3N7O6S. The summed E-state index contributed by atoms with van der Waals surface area (Å²) in [5.74, 6) is -0.450. The lowest BCUT2D eigenvalue weighted by atomic mass is 10.2. The molecule has 1 N–H and O–H groups in total. The van der Waals surface area contributed by atoms with E-state index in [1.807, 2.05) is 0 Å². The van der Waals surface area contributed by atoms with E-state index >= 15 is 0 Å². The van der Waals surface area contributed by atoms with Gasteiger partial charge in [0.15, 0.2) is 24.0 Å². The third-order valence-electron chi connectivity index (χ3n) is 5.94. The van der Waals surface area contributed by atoms with Crippen LogP contribution in [0.25, 0.3) is 11.4 Å². The zero-order chi connectivity index (χ0) is 30.7. The molecule has 0 amide bonds. The number of nitrogens with zero attached hydrogens (tertiary/aromatic N) is 6. The van der Waals surface area contributed by atoms with Gasteiger partial charge in [-0.1, -0.05) is 11.6 Å². The minimum absolute atomic E-state index is 0.0453. The lowest BCUT2D eigenvalue weighted by Crippen LogP contribution is -2.35. The predicted octanol–water partition coefficient (Wildman–Crippen LogP) is 3.99. The number of fused-ring (bicyclic) bond motifs is 3. The monoisotopic (exact) mass is 635 g/mol. The van der Waals surface area contributed by atoms with Gasteiger partial charge in [0.25, 0.3) is 5.88 Å². The van der Waals surface area contributed by atoms with Gasteiger partial charge in [-0.15, -0.1) is 10.2 Å². The Morgan fingerprint density at radius 3 is 2.55 bits per heavy atom. The molecule has 0 radical (unpaired) electrons. The summed E-state index contributed by atoms with van der Waals surface area (Å²) in [5.41, 5.74) is 0.197. The summed E-state index contributed by atoms with van der Waals surface area (Å²) in [5, 5.41) is 7.26. The van der Waals surface area contributed by atoms with E-state index < -0.39 is 46.1 Å². The molecule has 42 heavy (non-hydrogen) atoms. The van der Waals surface area contributed by atoms with E-state index in [4.69, 9.17) is 30.5 Å². The Balaban J connectivity index is 1.72. The molecule has 0 aliphatic carbocycles. The standard InChI is InChI=1S/C24H29ClF3N7O6S/c1-5-38-10-16-11-39-19-17(6-7-29-22(19)40-12-24(26,27)28)21-32-33-23(35(16)21)34-42(36,37)14(4)18(41-13(2)3)20-30-8-15(25)9-31-20/h6-9,13-14,16,18H,5,10-12H2,1-4H3,(H,33,34)/t14-,16-,18+/m0/s1. The number of ether oxygens (including phenoxy) is 4. The third kappa shape index (κ3) is 7.37. The van der Waals surface area contributed by atoms with Gasteiger partial charge in [-0.25, -0.2) is 23.4 Å². The molecule has 4 rings (SSSR count). The number of sulfonamides is 1. The van der Waals surface area contributed by atoms with Crippen molar-refractivity contribution in [1.82, 2.24) is 29.7 Å². The molecule has 18 heteroatoms. The maximum absolute atomic E-state index is 13.7.